The highest BCUT2D eigenvalue weighted by Crippen LogP contribution is 2.32. The number of hydrogen-bond donors (Lipinski definition) is 0. The van der Waals surface area contributed by atoms with Gasteiger partial charge in [0.25, 0.3) is 0 Å². The Balaban J connectivity index is 1.48. The molecule has 0 aliphatic carbocycles. The largest absolute Gasteiger partial charge is 0.374 e. The second-order valence-corrected chi connectivity index (χ2v) is 7.47. The molecule has 0 radical (unpaired) electrons. The summed E-state index contributed by atoms with van der Waals surface area (Å²) in [6, 6.07) is 14.7. The topological polar surface area (TPSA) is 58.6 Å². The van der Waals surface area contributed by atoms with E-state index in [1.54, 1.807) is 12.1 Å². The molecule has 2 aromatic carbocycles. The normalized spacial score (nSPS) is 22.0. The van der Waals surface area contributed by atoms with Crippen molar-refractivity contribution >= 4 is 22.6 Å². The number of carbonyl (C=O) groups excluding carboxylic acids is 1. The van der Waals surface area contributed by atoms with Gasteiger partial charge in [-0.15, -0.1) is 0 Å². The van der Waals surface area contributed by atoms with Crippen molar-refractivity contribution in [1.29, 1.82) is 0 Å². The fourth-order valence-electron chi connectivity index (χ4n) is 4.30. The summed E-state index contributed by atoms with van der Waals surface area (Å²) >= 11 is 0. The lowest BCUT2D eigenvalue weighted by Crippen LogP contribution is -2.45. The molecule has 2 atom stereocenters. The highest BCUT2D eigenvalue weighted by atomic mass is 19.1. The summed E-state index contributed by atoms with van der Waals surface area (Å²) in [4.78, 5) is 25.3. The van der Waals surface area contributed by atoms with Crippen LogP contribution in [0.15, 0.2) is 54.9 Å². The van der Waals surface area contributed by atoms with Gasteiger partial charge in [-0.2, -0.15) is 0 Å². The molecule has 5 rings (SSSR count). The van der Waals surface area contributed by atoms with Crippen LogP contribution in [0.25, 0.3) is 10.9 Å². The lowest BCUT2D eigenvalue weighted by atomic mass is 10.1. The summed E-state index contributed by atoms with van der Waals surface area (Å²) in [7, 11) is 0. The lowest BCUT2D eigenvalue weighted by molar-refractivity contribution is -0.133. The van der Waals surface area contributed by atoms with Gasteiger partial charge in [0.05, 0.1) is 36.1 Å². The second-order valence-electron chi connectivity index (χ2n) is 7.47. The van der Waals surface area contributed by atoms with E-state index in [2.05, 4.69) is 9.97 Å². The van der Waals surface area contributed by atoms with Crippen LogP contribution in [-0.2, 0) is 16.1 Å². The van der Waals surface area contributed by atoms with Crippen LogP contribution in [0.1, 0.15) is 12.0 Å². The Morgan fingerprint density at radius 2 is 1.93 bits per heavy atom. The van der Waals surface area contributed by atoms with Gasteiger partial charge < -0.3 is 14.5 Å². The first-order chi connectivity index (χ1) is 14.2. The number of amides is 1. The average Bonchev–Trinajstić information content (AvgIpc) is 3.10. The van der Waals surface area contributed by atoms with E-state index < -0.39 is 0 Å². The number of anilines is 1. The van der Waals surface area contributed by atoms with E-state index in [1.807, 2.05) is 40.1 Å². The maximum absolute atomic E-state index is 14.6. The van der Waals surface area contributed by atoms with Crippen molar-refractivity contribution in [2.45, 2.75) is 25.1 Å². The number of benzene rings is 2. The number of halogens is 1. The van der Waals surface area contributed by atoms with E-state index in [0.29, 0.717) is 49.4 Å². The fraction of sp³-hybridized carbons (Fsp3) is 0.318. The molecule has 0 spiro atoms. The zero-order valence-corrected chi connectivity index (χ0v) is 15.9. The SMILES string of the molecule is O=C1CCO[C@H]2CN(c3ncnc4cccc(F)c34)C[C@@H]2N1Cc1ccccc1. The summed E-state index contributed by atoms with van der Waals surface area (Å²) < 4.78 is 20.6. The van der Waals surface area contributed by atoms with Crippen molar-refractivity contribution < 1.29 is 13.9 Å². The van der Waals surface area contributed by atoms with Crippen LogP contribution in [-0.4, -0.2) is 52.6 Å². The summed E-state index contributed by atoms with van der Waals surface area (Å²) in [6.45, 7) is 2.04. The van der Waals surface area contributed by atoms with Crippen LogP contribution in [0.4, 0.5) is 10.2 Å². The fourth-order valence-corrected chi connectivity index (χ4v) is 4.30. The molecular weight excluding hydrogens is 371 g/mol. The highest BCUT2D eigenvalue weighted by molar-refractivity contribution is 5.90. The van der Waals surface area contributed by atoms with Gasteiger partial charge in [-0.1, -0.05) is 36.4 Å². The third kappa shape index (κ3) is 3.31. The molecule has 148 valence electrons. The maximum atomic E-state index is 14.6. The Hall–Kier alpha value is -3.06. The minimum absolute atomic E-state index is 0.0851. The molecule has 2 fully saturated rings. The average molecular weight is 392 g/mol. The molecule has 6 nitrogen and oxygen atoms in total. The quantitative estimate of drug-likeness (QED) is 0.686. The van der Waals surface area contributed by atoms with Crippen molar-refractivity contribution in [2.75, 3.05) is 24.6 Å². The van der Waals surface area contributed by atoms with Crippen molar-refractivity contribution in [3.63, 3.8) is 0 Å². The third-order valence-corrected chi connectivity index (χ3v) is 5.69. The molecule has 0 bridgehead atoms. The van der Waals surface area contributed by atoms with Gasteiger partial charge in [0.1, 0.15) is 18.0 Å². The van der Waals surface area contributed by atoms with E-state index in [4.69, 9.17) is 4.74 Å². The zero-order chi connectivity index (χ0) is 19.8. The molecule has 0 saturated carbocycles. The minimum atomic E-state index is -0.344. The number of hydrogen-bond acceptors (Lipinski definition) is 5. The number of ether oxygens (including phenoxy) is 1. The molecule has 1 amide bonds. The Morgan fingerprint density at radius 3 is 2.79 bits per heavy atom. The molecule has 7 heteroatoms. The van der Waals surface area contributed by atoms with E-state index in [1.165, 1.54) is 12.4 Å². The van der Waals surface area contributed by atoms with Gasteiger partial charge in [0.2, 0.25) is 5.91 Å². The molecule has 3 heterocycles. The molecule has 2 aliphatic rings. The number of rotatable bonds is 3. The summed E-state index contributed by atoms with van der Waals surface area (Å²) in [6.07, 6.45) is 1.70. The van der Waals surface area contributed by atoms with E-state index in [-0.39, 0.29) is 23.9 Å². The summed E-state index contributed by atoms with van der Waals surface area (Å²) in [5, 5.41) is 0.410. The monoisotopic (exact) mass is 392 g/mol. The van der Waals surface area contributed by atoms with E-state index >= 15 is 0 Å². The molecule has 2 saturated heterocycles. The van der Waals surface area contributed by atoms with Gasteiger partial charge in [-0.3, -0.25) is 4.79 Å². The Morgan fingerprint density at radius 1 is 1.07 bits per heavy atom. The molecular formula is C22H21FN4O2. The Bertz CT molecular complexity index is 1040. The first-order valence-corrected chi connectivity index (χ1v) is 9.80. The van der Waals surface area contributed by atoms with Crippen LogP contribution in [0.3, 0.4) is 0 Å². The van der Waals surface area contributed by atoms with Crippen LogP contribution in [0, 0.1) is 5.82 Å². The predicted molar refractivity (Wildman–Crippen MR) is 107 cm³/mol. The van der Waals surface area contributed by atoms with Gasteiger partial charge in [-0.25, -0.2) is 14.4 Å². The lowest BCUT2D eigenvalue weighted by Gasteiger charge is -2.29. The van der Waals surface area contributed by atoms with Gasteiger partial charge in [-0.05, 0) is 17.7 Å². The van der Waals surface area contributed by atoms with Gasteiger partial charge in [0, 0.05) is 19.6 Å². The number of aromatic nitrogens is 2. The number of nitrogens with zero attached hydrogens (tertiary/aromatic N) is 4. The standard InChI is InChI=1S/C22H21FN4O2/c23-16-7-4-8-17-21(16)22(25-14-24-17)26-12-18-19(13-26)29-10-9-20(28)27(18)11-15-5-2-1-3-6-15/h1-8,14,18-19H,9-13H2/t18-,19-/m0/s1. The Labute approximate surface area is 167 Å². The van der Waals surface area contributed by atoms with Crippen molar-refractivity contribution in [3.05, 3.63) is 66.2 Å². The molecule has 2 aliphatic heterocycles. The van der Waals surface area contributed by atoms with Crippen molar-refractivity contribution in [2.24, 2.45) is 0 Å². The summed E-state index contributed by atoms with van der Waals surface area (Å²) in [5.74, 6) is 0.294. The highest BCUT2D eigenvalue weighted by Gasteiger charge is 2.42. The van der Waals surface area contributed by atoms with Crippen LogP contribution >= 0.6 is 0 Å². The molecule has 3 aromatic rings. The van der Waals surface area contributed by atoms with E-state index in [9.17, 15) is 9.18 Å². The van der Waals surface area contributed by atoms with Crippen LogP contribution in [0.5, 0.6) is 0 Å². The second kappa shape index (κ2) is 7.40. The first-order valence-electron chi connectivity index (χ1n) is 9.80. The maximum Gasteiger partial charge on any atom is 0.225 e. The molecule has 0 unspecified atom stereocenters. The van der Waals surface area contributed by atoms with Crippen LogP contribution in [0.2, 0.25) is 0 Å². The molecule has 29 heavy (non-hydrogen) atoms. The summed E-state index contributed by atoms with van der Waals surface area (Å²) in [5.41, 5.74) is 1.65. The Kier molecular flexibility index (Phi) is 4.60. The van der Waals surface area contributed by atoms with Crippen LogP contribution < -0.4 is 4.90 Å². The first kappa shape index (κ1) is 18.0. The van der Waals surface area contributed by atoms with Gasteiger partial charge in [0.15, 0.2) is 0 Å². The molecule has 1 aromatic heterocycles. The number of carbonyl (C=O) groups is 1. The predicted octanol–water partition coefficient (Wildman–Crippen LogP) is 2.78. The smallest absolute Gasteiger partial charge is 0.225 e. The zero-order valence-electron chi connectivity index (χ0n) is 15.9. The third-order valence-electron chi connectivity index (χ3n) is 5.69. The van der Waals surface area contributed by atoms with Crippen molar-refractivity contribution in [3.8, 4) is 0 Å². The van der Waals surface area contributed by atoms with E-state index in [0.717, 1.165) is 5.56 Å². The molecule has 0 N–H and O–H groups in total. The van der Waals surface area contributed by atoms with Crippen molar-refractivity contribution in [1.82, 2.24) is 14.9 Å². The van der Waals surface area contributed by atoms with Gasteiger partial charge >= 0.3 is 0 Å². The minimum Gasteiger partial charge on any atom is -0.374 e. The number of fused-ring (bicyclic) bond motifs is 2.